The maximum Gasteiger partial charge on any atom is 0.255 e. The fraction of sp³-hybridized carbons (Fsp3) is 0.471. The van der Waals surface area contributed by atoms with Crippen LogP contribution in [0.3, 0.4) is 0 Å². The third-order valence-electron chi connectivity index (χ3n) is 5.18. The molecule has 2 aromatic rings. The Hall–Kier alpha value is -2.61. The molecule has 3 heterocycles. The Labute approximate surface area is 145 Å². The predicted octanol–water partition coefficient (Wildman–Crippen LogP) is 1.23. The van der Waals surface area contributed by atoms with Crippen molar-refractivity contribution in [1.82, 2.24) is 30.7 Å². The van der Waals surface area contributed by atoms with Gasteiger partial charge in [0.1, 0.15) is 24.0 Å². The number of nitrogen functional groups attached to an aromatic ring is 1. The van der Waals surface area contributed by atoms with E-state index in [2.05, 4.69) is 44.6 Å². The number of nitrogens with two attached hydrogens (primary N) is 1. The van der Waals surface area contributed by atoms with Crippen molar-refractivity contribution in [1.29, 1.82) is 0 Å². The zero-order valence-corrected chi connectivity index (χ0v) is 14.6. The maximum atomic E-state index is 12.9. The number of anilines is 1. The van der Waals surface area contributed by atoms with E-state index >= 15 is 0 Å². The molecule has 132 valence electrons. The van der Waals surface area contributed by atoms with E-state index in [9.17, 15) is 4.79 Å². The topological polar surface area (TPSA) is 110 Å². The van der Waals surface area contributed by atoms with Gasteiger partial charge in [0.2, 0.25) is 0 Å². The van der Waals surface area contributed by atoms with Gasteiger partial charge in [-0.05, 0) is 45.6 Å². The number of aromatic nitrogens is 3. The van der Waals surface area contributed by atoms with Gasteiger partial charge in [-0.15, -0.1) is 0 Å². The molecule has 0 saturated heterocycles. The smallest absolute Gasteiger partial charge is 0.255 e. The van der Waals surface area contributed by atoms with E-state index in [1.54, 1.807) is 0 Å². The number of rotatable bonds is 4. The van der Waals surface area contributed by atoms with Gasteiger partial charge < -0.3 is 21.0 Å². The van der Waals surface area contributed by atoms with Crippen molar-refractivity contribution in [3.05, 3.63) is 29.9 Å². The summed E-state index contributed by atoms with van der Waals surface area (Å²) in [6.07, 6.45) is 7.33. The molecule has 1 aliphatic heterocycles. The average molecular weight is 341 g/mol. The SMILES string of the molecule is CC1=CC(NC(=O)c2cn(C(C)(C)C3CC3)c3ncnc(N)c23)NN1. The summed E-state index contributed by atoms with van der Waals surface area (Å²) in [5.41, 5.74) is 14.1. The lowest BCUT2D eigenvalue weighted by atomic mass is 9.98. The number of fused-ring (bicyclic) bond motifs is 1. The molecule has 2 aromatic heterocycles. The van der Waals surface area contributed by atoms with Crippen molar-refractivity contribution < 1.29 is 4.79 Å². The summed E-state index contributed by atoms with van der Waals surface area (Å²) >= 11 is 0. The van der Waals surface area contributed by atoms with Crippen LogP contribution in [0, 0.1) is 5.92 Å². The van der Waals surface area contributed by atoms with Gasteiger partial charge in [0, 0.05) is 17.4 Å². The van der Waals surface area contributed by atoms with Crippen molar-refractivity contribution in [3.63, 3.8) is 0 Å². The Morgan fingerprint density at radius 1 is 1.40 bits per heavy atom. The molecule has 1 amide bonds. The van der Waals surface area contributed by atoms with Crippen molar-refractivity contribution in [3.8, 4) is 0 Å². The van der Waals surface area contributed by atoms with Crippen LogP contribution in [0.15, 0.2) is 24.3 Å². The van der Waals surface area contributed by atoms with Crippen LogP contribution >= 0.6 is 0 Å². The zero-order valence-electron chi connectivity index (χ0n) is 14.6. The summed E-state index contributed by atoms with van der Waals surface area (Å²) in [7, 11) is 0. The van der Waals surface area contributed by atoms with Gasteiger partial charge in [-0.1, -0.05) is 0 Å². The Morgan fingerprint density at radius 3 is 2.80 bits per heavy atom. The molecule has 2 aliphatic rings. The summed E-state index contributed by atoms with van der Waals surface area (Å²) < 4.78 is 2.08. The van der Waals surface area contributed by atoms with Gasteiger partial charge in [-0.2, -0.15) is 0 Å². The van der Waals surface area contributed by atoms with E-state index in [1.807, 2.05) is 19.2 Å². The van der Waals surface area contributed by atoms with Gasteiger partial charge in [0.15, 0.2) is 0 Å². The fourth-order valence-corrected chi connectivity index (χ4v) is 3.50. The number of hydrogen-bond acceptors (Lipinski definition) is 6. The molecule has 0 bridgehead atoms. The minimum Gasteiger partial charge on any atom is -0.383 e. The highest BCUT2D eigenvalue weighted by Gasteiger charge is 2.40. The van der Waals surface area contributed by atoms with Gasteiger partial charge in [0.25, 0.3) is 5.91 Å². The maximum absolute atomic E-state index is 12.9. The second-order valence-electron chi connectivity index (χ2n) is 7.37. The summed E-state index contributed by atoms with van der Waals surface area (Å²) in [6.45, 7) is 6.28. The van der Waals surface area contributed by atoms with Crippen LogP contribution in [0.1, 0.15) is 44.0 Å². The lowest BCUT2D eigenvalue weighted by molar-refractivity contribution is 0.0940. The fourth-order valence-electron chi connectivity index (χ4n) is 3.50. The molecule has 5 N–H and O–H groups in total. The lowest BCUT2D eigenvalue weighted by Gasteiger charge is -2.27. The Bertz CT molecular complexity index is 878. The van der Waals surface area contributed by atoms with Crippen molar-refractivity contribution in [2.24, 2.45) is 5.92 Å². The molecule has 8 nitrogen and oxygen atoms in total. The van der Waals surface area contributed by atoms with E-state index in [1.165, 1.54) is 19.2 Å². The molecule has 8 heteroatoms. The Kier molecular flexibility index (Phi) is 3.47. The molecule has 1 saturated carbocycles. The van der Waals surface area contributed by atoms with Crippen LogP contribution in [0.4, 0.5) is 5.82 Å². The van der Waals surface area contributed by atoms with Crippen molar-refractivity contribution >= 4 is 22.8 Å². The Balaban J connectivity index is 1.77. The molecule has 1 atom stereocenters. The number of hydrazine groups is 1. The molecule has 0 spiro atoms. The molecule has 0 aromatic carbocycles. The number of nitrogens with zero attached hydrogens (tertiary/aromatic N) is 3. The lowest BCUT2D eigenvalue weighted by Crippen LogP contribution is -2.44. The molecular formula is C17H23N7O. The van der Waals surface area contributed by atoms with Crippen LogP contribution in [0.25, 0.3) is 11.0 Å². The molecular weight excluding hydrogens is 318 g/mol. The third-order valence-corrected chi connectivity index (χ3v) is 5.18. The van der Waals surface area contributed by atoms with Gasteiger partial charge in [-0.25, -0.2) is 15.4 Å². The molecule has 1 aliphatic carbocycles. The number of allylic oxidation sites excluding steroid dienone is 1. The minimum atomic E-state index is -0.270. The molecule has 1 unspecified atom stereocenters. The highest BCUT2D eigenvalue weighted by atomic mass is 16.1. The standard InChI is InChI=1S/C17H23N7O/c1-9-6-12(23-22-9)21-16(25)11-7-24(17(2,3)10-4-5-10)15-13(11)14(18)19-8-20-15/h6-8,10,12,22-23H,4-5H2,1-3H3,(H,21,25)(H2,18,19,20). The van der Waals surface area contributed by atoms with Crippen molar-refractivity contribution in [2.75, 3.05) is 5.73 Å². The normalized spacial score (nSPS) is 20.4. The summed E-state index contributed by atoms with van der Waals surface area (Å²) in [6, 6.07) is 0. The van der Waals surface area contributed by atoms with Gasteiger partial charge >= 0.3 is 0 Å². The summed E-state index contributed by atoms with van der Waals surface area (Å²) in [5.74, 6) is 0.702. The van der Waals surface area contributed by atoms with Crippen LogP contribution in [0.5, 0.6) is 0 Å². The van der Waals surface area contributed by atoms with E-state index in [-0.39, 0.29) is 17.6 Å². The predicted molar refractivity (Wildman–Crippen MR) is 95.3 cm³/mol. The number of amides is 1. The largest absolute Gasteiger partial charge is 0.383 e. The minimum absolute atomic E-state index is 0.124. The summed E-state index contributed by atoms with van der Waals surface area (Å²) in [4.78, 5) is 21.4. The third kappa shape index (κ3) is 2.62. The number of hydrogen-bond donors (Lipinski definition) is 4. The van der Waals surface area contributed by atoms with E-state index in [4.69, 9.17) is 5.73 Å². The highest BCUT2D eigenvalue weighted by molar-refractivity contribution is 6.09. The zero-order chi connectivity index (χ0) is 17.8. The van der Waals surface area contributed by atoms with Crippen molar-refractivity contribution in [2.45, 2.75) is 45.3 Å². The van der Waals surface area contributed by atoms with Gasteiger partial charge in [-0.3, -0.25) is 4.79 Å². The Morgan fingerprint density at radius 2 is 2.16 bits per heavy atom. The second-order valence-corrected chi connectivity index (χ2v) is 7.37. The molecule has 1 fully saturated rings. The molecule has 4 rings (SSSR count). The van der Waals surface area contributed by atoms with E-state index in [0.717, 1.165) is 5.70 Å². The van der Waals surface area contributed by atoms with Crippen LogP contribution < -0.4 is 21.9 Å². The van der Waals surface area contributed by atoms with Crippen LogP contribution in [-0.2, 0) is 5.54 Å². The average Bonchev–Trinajstić information content (AvgIpc) is 3.23. The van der Waals surface area contributed by atoms with Crippen LogP contribution in [0.2, 0.25) is 0 Å². The monoisotopic (exact) mass is 341 g/mol. The first-order chi connectivity index (χ1) is 11.9. The highest BCUT2D eigenvalue weighted by Crippen LogP contribution is 2.45. The first-order valence-electron chi connectivity index (χ1n) is 8.51. The van der Waals surface area contributed by atoms with E-state index < -0.39 is 0 Å². The number of carbonyl (C=O) groups excluding carboxylic acids is 1. The quantitative estimate of drug-likeness (QED) is 0.666. The summed E-state index contributed by atoms with van der Waals surface area (Å²) in [5, 5.41) is 3.55. The van der Waals surface area contributed by atoms with Crippen LogP contribution in [-0.4, -0.2) is 26.6 Å². The number of carbonyl (C=O) groups is 1. The number of nitrogens with one attached hydrogen (secondary N) is 3. The molecule has 0 radical (unpaired) electrons. The van der Waals surface area contributed by atoms with E-state index in [0.29, 0.717) is 28.3 Å². The first-order valence-corrected chi connectivity index (χ1v) is 8.51. The van der Waals surface area contributed by atoms with Gasteiger partial charge in [0.05, 0.1) is 10.9 Å². The molecule has 25 heavy (non-hydrogen) atoms. The second kappa shape index (κ2) is 5.45. The first kappa shape index (κ1) is 15.9.